The molecule has 0 bridgehead atoms. The minimum atomic E-state index is 0.0922. The second kappa shape index (κ2) is 5.81. The number of ether oxygens (including phenoxy) is 1. The standard InChI is InChI=1S/C11H12N4O2S2/c1-2-17-9-5-7(3-4-8(9)16)6-12-15-10(18)13-14-11(15)19/h3-6,16H,2H2,1H3,(H,13,18)(H,14,19)/b12-6+. The molecule has 0 aliphatic carbocycles. The molecule has 0 aliphatic heterocycles. The molecule has 0 fully saturated rings. The van der Waals surface area contributed by atoms with E-state index < -0.39 is 0 Å². The minimum Gasteiger partial charge on any atom is -0.504 e. The predicted octanol–water partition coefficient (Wildman–Crippen LogP) is 2.59. The third-order valence-corrected chi connectivity index (χ3v) is 2.82. The van der Waals surface area contributed by atoms with Gasteiger partial charge in [0.1, 0.15) is 0 Å². The second-order valence-corrected chi connectivity index (χ2v) is 4.35. The molecule has 2 aromatic rings. The van der Waals surface area contributed by atoms with Crippen molar-refractivity contribution in [2.45, 2.75) is 6.92 Å². The maximum absolute atomic E-state index is 9.59. The second-order valence-electron chi connectivity index (χ2n) is 3.58. The molecule has 100 valence electrons. The van der Waals surface area contributed by atoms with Crippen LogP contribution in [0.25, 0.3) is 0 Å². The molecule has 1 aromatic heterocycles. The largest absolute Gasteiger partial charge is 0.504 e. The van der Waals surface area contributed by atoms with Crippen LogP contribution in [0.5, 0.6) is 11.5 Å². The average Bonchev–Trinajstić information content (AvgIpc) is 2.70. The lowest BCUT2D eigenvalue weighted by Crippen LogP contribution is -1.94. The Morgan fingerprint density at radius 1 is 1.37 bits per heavy atom. The van der Waals surface area contributed by atoms with Gasteiger partial charge in [-0.3, -0.25) is 10.2 Å². The Balaban J connectivity index is 2.31. The molecule has 0 spiro atoms. The molecule has 0 radical (unpaired) electrons. The summed E-state index contributed by atoms with van der Waals surface area (Å²) in [6.45, 7) is 2.32. The summed E-state index contributed by atoms with van der Waals surface area (Å²) in [6.07, 6.45) is 1.58. The van der Waals surface area contributed by atoms with Gasteiger partial charge in [-0.05, 0) is 55.1 Å². The molecule has 0 amide bonds. The van der Waals surface area contributed by atoms with E-state index in [1.165, 1.54) is 4.68 Å². The molecule has 3 N–H and O–H groups in total. The monoisotopic (exact) mass is 296 g/mol. The maximum Gasteiger partial charge on any atom is 0.215 e. The van der Waals surface area contributed by atoms with Gasteiger partial charge < -0.3 is 9.84 Å². The van der Waals surface area contributed by atoms with Crippen molar-refractivity contribution in [3.05, 3.63) is 33.3 Å². The van der Waals surface area contributed by atoms with Crippen LogP contribution in [0.3, 0.4) is 0 Å². The summed E-state index contributed by atoms with van der Waals surface area (Å²) in [7, 11) is 0. The molecule has 0 aliphatic rings. The molecular formula is C11H12N4O2S2. The lowest BCUT2D eigenvalue weighted by molar-refractivity contribution is 0.318. The van der Waals surface area contributed by atoms with Crippen molar-refractivity contribution in [3.63, 3.8) is 0 Å². The van der Waals surface area contributed by atoms with Gasteiger partial charge in [0.2, 0.25) is 9.54 Å². The molecule has 0 saturated carbocycles. The Morgan fingerprint density at radius 2 is 2.05 bits per heavy atom. The Morgan fingerprint density at radius 3 is 2.68 bits per heavy atom. The number of hydrogen-bond donors (Lipinski definition) is 3. The van der Waals surface area contributed by atoms with Gasteiger partial charge in [-0.15, -0.1) is 0 Å². The highest BCUT2D eigenvalue weighted by atomic mass is 32.1. The zero-order chi connectivity index (χ0) is 13.8. The number of aromatic amines is 2. The van der Waals surface area contributed by atoms with Crippen LogP contribution in [0.1, 0.15) is 12.5 Å². The van der Waals surface area contributed by atoms with E-state index in [2.05, 4.69) is 15.3 Å². The first-order valence-corrected chi connectivity index (χ1v) is 6.33. The molecule has 1 heterocycles. The van der Waals surface area contributed by atoms with Crippen molar-refractivity contribution in [1.82, 2.24) is 14.9 Å². The first kappa shape index (κ1) is 13.5. The Hall–Kier alpha value is -1.93. The van der Waals surface area contributed by atoms with E-state index in [9.17, 15) is 5.11 Å². The first-order valence-electron chi connectivity index (χ1n) is 5.51. The van der Waals surface area contributed by atoms with Crippen LogP contribution in [-0.2, 0) is 0 Å². The van der Waals surface area contributed by atoms with Crippen LogP contribution < -0.4 is 4.74 Å². The summed E-state index contributed by atoms with van der Waals surface area (Å²) in [5.74, 6) is 0.504. The predicted molar refractivity (Wildman–Crippen MR) is 77.1 cm³/mol. The first-order chi connectivity index (χ1) is 9.11. The van der Waals surface area contributed by atoms with Crippen molar-refractivity contribution in [2.24, 2.45) is 5.10 Å². The SMILES string of the molecule is CCOc1cc(/C=N/n2c(=S)[nH][nH]c2=S)ccc1O. The number of hydrogen-bond acceptors (Lipinski definition) is 5. The van der Waals surface area contributed by atoms with E-state index in [4.69, 9.17) is 29.2 Å². The number of nitrogens with zero attached hydrogens (tertiary/aromatic N) is 2. The number of phenolic OH excluding ortho intramolecular Hbond substituents is 1. The molecule has 8 heteroatoms. The number of phenols is 1. The fraction of sp³-hybridized carbons (Fsp3) is 0.182. The highest BCUT2D eigenvalue weighted by molar-refractivity contribution is 7.72. The highest BCUT2D eigenvalue weighted by Gasteiger charge is 2.02. The van der Waals surface area contributed by atoms with Gasteiger partial charge in [0.25, 0.3) is 0 Å². The van der Waals surface area contributed by atoms with Crippen molar-refractivity contribution in [1.29, 1.82) is 0 Å². The van der Waals surface area contributed by atoms with E-state index in [0.29, 0.717) is 21.9 Å². The highest BCUT2D eigenvalue weighted by Crippen LogP contribution is 2.26. The van der Waals surface area contributed by atoms with E-state index in [1.807, 2.05) is 6.92 Å². The van der Waals surface area contributed by atoms with E-state index in [1.54, 1.807) is 24.4 Å². The smallest absolute Gasteiger partial charge is 0.215 e. The molecule has 0 saturated heterocycles. The van der Waals surface area contributed by atoms with Crippen LogP contribution in [0.2, 0.25) is 0 Å². The van der Waals surface area contributed by atoms with Crippen LogP contribution in [0.15, 0.2) is 23.3 Å². The van der Waals surface area contributed by atoms with Gasteiger partial charge in [0, 0.05) is 0 Å². The summed E-state index contributed by atoms with van der Waals surface area (Å²) in [5, 5.41) is 19.1. The fourth-order valence-corrected chi connectivity index (χ4v) is 1.85. The fourth-order valence-electron chi connectivity index (χ4n) is 1.42. The van der Waals surface area contributed by atoms with Crippen molar-refractivity contribution in [2.75, 3.05) is 6.61 Å². The summed E-state index contributed by atoms with van der Waals surface area (Å²) in [5.41, 5.74) is 0.763. The van der Waals surface area contributed by atoms with Crippen molar-refractivity contribution < 1.29 is 9.84 Å². The number of H-pyrrole nitrogens is 2. The molecule has 19 heavy (non-hydrogen) atoms. The van der Waals surface area contributed by atoms with E-state index in [0.717, 1.165) is 5.56 Å². The maximum atomic E-state index is 9.59. The van der Waals surface area contributed by atoms with Crippen molar-refractivity contribution in [3.8, 4) is 11.5 Å². The zero-order valence-corrected chi connectivity index (χ0v) is 11.7. The van der Waals surface area contributed by atoms with E-state index in [-0.39, 0.29) is 5.75 Å². The summed E-state index contributed by atoms with van der Waals surface area (Å²) >= 11 is 10.0. The number of aromatic nitrogens is 3. The molecule has 0 atom stereocenters. The quantitative estimate of drug-likeness (QED) is 0.598. The topological polar surface area (TPSA) is 78.3 Å². The van der Waals surface area contributed by atoms with Gasteiger partial charge in [-0.2, -0.15) is 9.78 Å². The molecule has 2 rings (SSSR count). The summed E-state index contributed by atoms with van der Waals surface area (Å²) in [6, 6.07) is 4.94. The van der Waals surface area contributed by atoms with E-state index >= 15 is 0 Å². The number of rotatable bonds is 4. The lowest BCUT2D eigenvalue weighted by Gasteiger charge is -2.05. The number of benzene rings is 1. The molecule has 1 aromatic carbocycles. The molecule has 0 unspecified atom stereocenters. The van der Waals surface area contributed by atoms with Crippen LogP contribution >= 0.6 is 24.4 Å². The third-order valence-electron chi connectivity index (χ3n) is 2.27. The van der Waals surface area contributed by atoms with Gasteiger partial charge in [0.15, 0.2) is 11.5 Å². The molecule has 6 nitrogen and oxygen atoms in total. The number of aromatic hydroxyl groups is 1. The lowest BCUT2D eigenvalue weighted by atomic mass is 10.2. The van der Waals surface area contributed by atoms with Crippen LogP contribution in [0.4, 0.5) is 0 Å². The Bertz CT molecular complexity index is 686. The number of nitrogens with one attached hydrogen (secondary N) is 2. The summed E-state index contributed by atoms with van der Waals surface area (Å²) in [4.78, 5) is 0. The normalized spacial score (nSPS) is 11.0. The zero-order valence-electron chi connectivity index (χ0n) is 10.1. The van der Waals surface area contributed by atoms with Gasteiger partial charge >= 0.3 is 0 Å². The van der Waals surface area contributed by atoms with Crippen LogP contribution in [-0.4, -0.2) is 32.8 Å². The van der Waals surface area contributed by atoms with Crippen molar-refractivity contribution >= 4 is 30.7 Å². The van der Waals surface area contributed by atoms with Gasteiger partial charge in [-0.1, -0.05) is 0 Å². The third kappa shape index (κ3) is 3.09. The van der Waals surface area contributed by atoms with Crippen LogP contribution in [0, 0.1) is 9.54 Å². The average molecular weight is 296 g/mol. The molecular weight excluding hydrogens is 284 g/mol. The van der Waals surface area contributed by atoms with Gasteiger partial charge in [-0.25, -0.2) is 0 Å². The minimum absolute atomic E-state index is 0.0922. The Labute approximate surface area is 119 Å². The van der Waals surface area contributed by atoms with Gasteiger partial charge in [0.05, 0.1) is 12.8 Å². The Kier molecular flexibility index (Phi) is 4.13. The summed E-state index contributed by atoms with van der Waals surface area (Å²) < 4.78 is 7.44.